The zero-order valence-electron chi connectivity index (χ0n) is 9.88. The van der Waals surface area contributed by atoms with Crippen LogP contribution in [0.4, 0.5) is 0 Å². The summed E-state index contributed by atoms with van der Waals surface area (Å²) in [6, 6.07) is 9.21. The fraction of sp³-hybridized carbons (Fsp3) is 0.385. The third-order valence-electron chi connectivity index (χ3n) is 1.94. The Labute approximate surface area is 96.2 Å². The lowest BCUT2D eigenvalue weighted by molar-refractivity contribution is -0.148. The van der Waals surface area contributed by atoms with E-state index in [2.05, 4.69) is 4.99 Å². The molecule has 3 nitrogen and oxygen atoms in total. The SMILES string of the molecule is CC(C)OC(=O)[C@H](C)N=Cc1ccccc1. The molecule has 0 aliphatic heterocycles. The molecule has 0 amide bonds. The molecular formula is C13H17NO2. The van der Waals surface area contributed by atoms with E-state index in [4.69, 9.17) is 4.74 Å². The Bertz CT molecular complexity index is 357. The molecule has 1 aromatic rings. The molecule has 0 aromatic heterocycles. The summed E-state index contributed by atoms with van der Waals surface area (Å²) in [5.74, 6) is -0.290. The molecule has 1 aromatic carbocycles. The van der Waals surface area contributed by atoms with Crippen molar-refractivity contribution in [1.29, 1.82) is 0 Å². The van der Waals surface area contributed by atoms with Crippen molar-refractivity contribution in [2.75, 3.05) is 0 Å². The van der Waals surface area contributed by atoms with E-state index in [1.54, 1.807) is 13.1 Å². The number of carbonyl (C=O) groups excluding carboxylic acids is 1. The van der Waals surface area contributed by atoms with Gasteiger partial charge in [0, 0.05) is 6.21 Å². The Kier molecular flexibility index (Phi) is 4.70. The van der Waals surface area contributed by atoms with E-state index in [1.165, 1.54) is 0 Å². The van der Waals surface area contributed by atoms with Gasteiger partial charge < -0.3 is 4.74 Å². The van der Waals surface area contributed by atoms with E-state index in [0.29, 0.717) is 0 Å². The number of aliphatic imine (C=N–C) groups is 1. The third kappa shape index (κ3) is 4.26. The number of ether oxygens (including phenoxy) is 1. The van der Waals surface area contributed by atoms with Gasteiger partial charge in [-0.3, -0.25) is 4.99 Å². The van der Waals surface area contributed by atoms with Crippen LogP contribution in [-0.2, 0) is 9.53 Å². The van der Waals surface area contributed by atoms with Gasteiger partial charge in [-0.1, -0.05) is 30.3 Å². The van der Waals surface area contributed by atoms with Crippen LogP contribution < -0.4 is 0 Å². The van der Waals surface area contributed by atoms with Crippen molar-refractivity contribution in [2.45, 2.75) is 32.9 Å². The number of esters is 1. The standard InChI is InChI=1S/C13H17NO2/c1-10(2)16-13(15)11(3)14-9-12-7-5-4-6-8-12/h4-11H,1-3H3/t11-/m0/s1. The summed E-state index contributed by atoms with van der Waals surface area (Å²) in [6.45, 7) is 5.38. The minimum atomic E-state index is -0.456. The van der Waals surface area contributed by atoms with Gasteiger partial charge in [0.15, 0.2) is 0 Å². The lowest BCUT2D eigenvalue weighted by Crippen LogP contribution is -2.21. The summed E-state index contributed by atoms with van der Waals surface area (Å²) in [4.78, 5) is 15.6. The Morgan fingerprint density at radius 1 is 1.25 bits per heavy atom. The summed E-state index contributed by atoms with van der Waals surface area (Å²) in [5, 5.41) is 0. The van der Waals surface area contributed by atoms with Gasteiger partial charge in [-0.15, -0.1) is 0 Å². The molecule has 0 aliphatic carbocycles. The topological polar surface area (TPSA) is 38.7 Å². The predicted octanol–water partition coefficient (Wildman–Crippen LogP) is 2.45. The van der Waals surface area contributed by atoms with Crippen LogP contribution in [0.25, 0.3) is 0 Å². The minimum Gasteiger partial charge on any atom is -0.461 e. The van der Waals surface area contributed by atoms with E-state index in [1.807, 2.05) is 44.2 Å². The molecule has 1 rings (SSSR count). The Morgan fingerprint density at radius 3 is 2.44 bits per heavy atom. The highest BCUT2D eigenvalue weighted by Crippen LogP contribution is 2.00. The van der Waals surface area contributed by atoms with Crippen LogP contribution in [0.1, 0.15) is 26.3 Å². The zero-order valence-corrected chi connectivity index (χ0v) is 9.88. The van der Waals surface area contributed by atoms with E-state index in [-0.39, 0.29) is 12.1 Å². The number of hydrogen-bond donors (Lipinski definition) is 0. The Hall–Kier alpha value is -1.64. The van der Waals surface area contributed by atoms with Gasteiger partial charge in [-0.2, -0.15) is 0 Å². The number of hydrogen-bond acceptors (Lipinski definition) is 3. The highest BCUT2D eigenvalue weighted by molar-refractivity contribution is 5.83. The van der Waals surface area contributed by atoms with E-state index in [9.17, 15) is 4.79 Å². The molecule has 0 saturated carbocycles. The average molecular weight is 219 g/mol. The van der Waals surface area contributed by atoms with Crippen LogP contribution in [0, 0.1) is 0 Å². The molecule has 0 spiro atoms. The molecule has 0 unspecified atom stereocenters. The molecule has 0 fully saturated rings. The molecule has 0 aliphatic rings. The van der Waals surface area contributed by atoms with Crippen molar-refractivity contribution in [3.05, 3.63) is 35.9 Å². The first-order valence-electron chi connectivity index (χ1n) is 5.38. The maximum absolute atomic E-state index is 11.4. The van der Waals surface area contributed by atoms with Gasteiger partial charge in [0.25, 0.3) is 0 Å². The Morgan fingerprint density at radius 2 is 1.88 bits per heavy atom. The van der Waals surface area contributed by atoms with Crippen LogP contribution in [0.2, 0.25) is 0 Å². The second kappa shape index (κ2) is 6.05. The molecule has 3 heteroatoms. The predicted molar refractivity (Wildman–Crippen MR) is 64.7 cm³/mol. The van der Waals surface area contributed by atoms with Crippen molar-refractivity contribution in [3.8, 4) is 0 Å². The summed E-state index contributed by atoms with van der Waals surface area (Å²) in [7, 11) is 0. The maximum Gasteiger partial charge on any atom is 0.330 e. The Balaban J connectivity index is 2.54. The number of carbonyl (C=O) groups is 1. The zero-order chi connectivity index (χ0) is 12.0. The molecule has 0 radical (unpaired) electrons. The monoisotopic (exact) mass is 219 g/mol. The second-order valence-corrected chi connectivity index (χ2v) is 3.85. The molecule has 0 heterocycles. The van der Waals surface area contributed by atoms with Crippen molar-refractivity contribution in [1.82, 2.24) is 0 Å². The second-order valence-electron chi connectivity index (χ2n) is 3.85. The van der Waals surface area contributed by atoms with Crippen molar-refractivity contribution < 1.29 is 9.53 Å². The normalized spacial score (nSPS) is 13.0. The van der Waals surface area contributed by atoms with Crippen molar-refractivity contribution in [2.24, 2.45) is 4.99 Å². The minimum absolute atomic E-state index is 0.0955. The maximum atomic E-state index is 11.4. The van der Waals surface area contributed by atoms with Crippen LogP contribution >= 0.6 is 0 Å². The third-order valence-corrected chi connectivity index (χ3v) is 1.94. The first-order valence-corrected chi connectivity index (χ1v) is 5.38. The first-order chi connectivity index (χ1) is 7.59. The van der Waals surface area contributed by atoms with E-state index >= 15 is 0 Å². The summed E-state index contributed by atoms with van der Waals surface area (Å²) >= 11 is 0. The largest absolute Gasteiger partial charge is 0.461 e. The van der Waals surface area contributed by atoms with Gasteiger partial charge in [0.05, 0.1) is 6.10 Å². The molecule has 0 saturated heterocycles. The molecule has 0 bridgehead atoms. The number of benzene rings is 1. The molecule has 0 N–H and O–H groups in total. The quantitative estimate of drug-likeness (QED) is 0.576. The van der Waals surface area contributed by atoms with Crippen LogP contribution in [0.3, 0.4) is 0 Å². The van der Waals surface area contributed by atoms with E-state index in [0.717, 1.165) is 5.56 Å². The lowest BCUT2D eigenvalue weighted by atomic mass is 10.2. The van der Waals surface area contributed by atoms with E-state index < -0.39 is 6.04 Å². The van der Waals surface area contributed by atoms with Gasteiger partial charge in [-0.25, -0.2) is 4.79 Å². The molecule has 1 atom stereocenters. The fourth-order valence-corrected chi connectivity index (χ4v) is 1.13. The van der Waals surface area contributed by atoms with Gasteiger partial charge in [-0.05, 0) is 26.3 Å². The highest BCUT2D eigenvalue weighted by atomic mass is 16.5. The van der Waals surface area contributed by atoms with Crippen LogP contribution in [0.5, 0.6) is 0 Å². The number of nitrogens with zero attached hydrogens (tertiary/aromatic N) is 1. The fourth-order valence-electron chi connectivity index (χ4n) is 1.13. The van der Waals surface area contributed by atoms with Gasteiger partial charge in [0.2, 0.25) is 0 Å². The van der Waals surface area contributed by atoms with Crippen molar-refractivity contribution in [3.63, 3.8) is 0 Å². The number of rotatable bonds is 4. The molecule has 86 valence electrons. The van der Waals surface area contributed by atoms with Gasteiger partial charge >= 0.3 is 5.97 Å². The summed E-state index contributed by atoms with van der Waals surface area (Å²) < 4.78 is 5.05. The summed E-state index contributed by atoms with van der Waals surface area (Å²) in [6.07, 6.45) is 1.59. The summed E-state index contributed by atoms with van der Waals surface area (Å²) in [5.41, 5.74) is 0.978. The average Bonchev–Trinajstić information content (AvgIpc) is 2.26. The van der Waals surface area contributed by atoms with Crippen LogP contribution in [0.15, 0.2) is 35.3 Å². The smallest absolute Gasteiger partial charge is 0.330 e. The van der Waals surface area contributed by atoms with Crippen molar-refractivity contribution >= 4 is 12.2 Å². The van der Waals surface area contributed by atoms with Gasteiger partial charge in [0.1, 0.15) is 6.04 Å². The van der Waals surface area contributed by atoms with Crippen LogP contribution in [-0.4, -0.2) is 24.3 Å². The molecule has 16 heavy (non-hydrogen) atoms. The molecular weight excluding hydrogens is 202 g/mol. The first kappa shape index (κ1) is 12.4. The highest BCUT2D eigenvalue weighted by Gasteiger charge is 2.13. The lowest BCUT2D eigenvalue weighted by Gasteiger charge is -2.10.